The first-order chi connectivity index (χ1) is 17.4. The number of hydrogen-bond donors (Lipinski definition) is 1. The fourth-order valence-electron chi connectivity index (χ4n) is 4.22. The van der Waals surface area contributed by atoms with Crippen LogP contribution in [0.4, 0.5) is 5.69 Å². The minimum atomic E-state index is -0.630. The number of pyridine rings is 1. The number of aromatic nitrogens is 1. The molecule has 2 aromatic heterocycles. The molecule has 0 radical (unpaired) electrons. The lowest BCUT2D eigenvalue weighted by Gasteiger charge is -2.14. The maximum absolute atomic E-state index is 13.4. The Hall–Kier alpha value is -4.65. The van der Waals surface area contributed by atoms with Gasteiger partial charge in [-0.2, -0.15) is 0 Å². The van der Waals surface area contributed by atoms with Gasteiger partial charge in [-0.05, 0) is 62.2 Å². The Kier molecular flexibility index (Phi) is 5.90. The molecule has 0 saturated heterocycles. The minimum absolute atomic E-state index is 0.0272. The first-order valence-corrected chi connectivity index (χ1v) is 11.6. The van der Waals surface area contributed by atoms with Crippen LogP contribution >= 0.6 is 0 Å². The zero-order valence-corrected chi connectivity index (χ0v) is 20.1. The third-order valence-electron chi connectivity index (χ3n) is 6.20. The van der Waals surface area contributed by atoms with Crippen LogP contribution in [0.3, 0.4) is 0 Å². The smallest absolute Gasteiger partial charge is 0.376 e. The molecule has 0 aliphatic rings. The molecular formula is C29H24N2O5. The summed E-state index contributed by atoms with van der Waals surface area (Å²) in [6.07, 6.45) is 1.45. The fraction of sp³-hybridized carbons (Fsp3) is 0.138. The Labute approximate surface area is 206 Å². The van der Waals surface area contributed by atoms with Crippen molar-refractivity contribution in [1.29, 1.82) is 0 Å². The summed E-state index contributed by atoms with van der Waals surface area (Å²) in [6, 6.07) is 19.7. The second kappa shape index (κ2) is 9.19. The van der Waals surface area contributed by atoms with Crippen LogP contribution < -0.4 is 5.56 Å². The van der Waals surface area contributed by atoms with Crippen molar-refractivity contribution in [3.63, 3.8) is 0 Å². The predicted molar refractivity (Wildman–Crippen MR) is 140 cm³/mol. The Bertz CT molecular complexity index is 1730. The lowest BCUT2D eigenvalue weighted by atomic mass is 10.1. The number of benzene rings is 3. The van der Waals surface area contributed by atoms with Gasteiger partial charge in [0.05, 0.1) is 17.9 Å². The number of carbonyl (C=O) groups excluding carboxylic acids is 1. The van der Waals surface area contributed by atoms with Gasteiger partial charge in [0.15, 0.2) is 0 Å². The summed E-state index contributed by atoms with van der Waals surface area (Å²) in [5, 5.41) is 12.9. The van der Waals surface area contributed by atoms with Crippen molar-refractivity contribution in [3.8, 4) is 11.6 Å². The van der Waals surface area contributed by atoms with E-state index in [4.69, 9.17) is 9.15 Å². The SMILES string of the molecule is CCOC(=O)c1oc2ccccc2c1N=Cc1c(O)n(-c2ccc(C)c(C)c2)c(=O)c2ccccc12. The van der Waals surface area contributed by atoms with Gasteiger partial charge in [-0.1, -0.05) is 36.4 Å². The number of aromatic hydroxyl groups is 1. The molecular weight excluding hydrogens is 456 g/mol. The number of esters is 1. The number of carbonyl (C=O) groups is 1. The van der Waals surface area contributed by atoms with E-state index in [0.29, 0.717) is 33.0 Å². The number of ether oxygens (including phenoxy) is 1. The molecule has 0 aliphatic carbocycles. The number of furan rings is 1. The molecule has 7 heteroatoms. The standard InChI is InChI=1S/C29H24N2O5/c1-4-35-29(34)26-25(22-11-7-8-12-24(22)36-26)30-16-23-20-9-5-6-10-21(20)27(32)31(28(23)33)19-14-13-17(2)18(3)15-19/h5-16,33H,4H2,1-3H3. The highest BCUT2D eigenvalue weighted by molar-refractivity contribution is 6.07. The normalized spacial score (nSPS) is 11.5. The number of para-hydroxylation sites is 1. The number of nitrogens with zero attached hydrogens (tertiary/aromatic N) is 2. The van der Waals surface area contributed by atoms with Gasteiger partial charge in [-0.15, -0.1) is 0 Å². The lowest BCUT2D eigenvalue weighted by molar-refractivity contribution is 0.0494. The van der Waals surface area contributed by atoms with E-state index in [9.17, 15) is 14.7 Å². The highest BCUT2D eigenvalue weighted by Crippen LogP contribution is 2.35. The fourth-order valence-corrected chi connectivity index (χ4v) is 4.22. The number of rotatable bonds is 5. The molecule has 0 saturated carbocycles. The quantitative estimate of drug-likeness (QED) is 0.246. The molecule has 5 rings (SSSR count). The average Bonchev–Trinajstić information content (AvgIpc) is 3.25. The van der Waals surface area contributed by atoms with Crippen LogP contribution in [-0.4, -0.2) is 28.5 Å². The van der Waals surface area contributed by atoms with E-state index in [1.54, 1.807) is 55.5 Å². The van der Waals surface area contributed by atoms with Crippen molar-refractivity contribution in [1.82, 2.24) is 4.57 Å². The summed E-state index contributed by atoms with van der Waals surface area (Å²) in [5.41, 5.74) is 3.38. The summed E-state index contributed by atoms with van der Waals surface area (Å²) in [4.78, 5) is 30.6. The van der Waals surface area contributed by atoms with Crippen LogP contribution in [0.25, 0.3) is 27.4 Å². The van der Waals surface area contributed by atoms with Crippen molar-refractivity contribution >= 4 is 39.6 Å². The number of hydrogen-bond acceptors (Lipinski definition) is 6. The number of fused-ring (bicyclic) bond motifs is 2. The Morgan fingerprint density at radius 2 is 1.69 bits per heavy atom. The van der Waals surface area contributed by atoms with Crippen LogP contribution in [0.2, 0.25) is 0 Å². The molecule has 2 heterocycles. The molecule has 0 unspecified atom stereocenters. The summed E-state index contributed by atoms with van der Waals surface area (Å²) in [5.74, 6) is -0.910. The molecule has 0 bridgehead atoms. The van der Waals surface area contributed by atoms with E-state index in [0.717, 1.165) is 11.1 Å². The van der Waals surface area contributed by atoms with Gasteiger partial charge in [-0.25, -0.2) is 9.36 Å². The van der Waals surface area contributed by atoms with Crippen molar-refractivity contribution in [2.75, 3.05) is 6.61 Å². The molecule has 0 spiro atoms. The van der Waals surface area contributed by atoms with Crippen LogP contribution in [0.15, 0.2) is 80.9 Å². The summed E-state index contributed by atoms with van der Waals surface area (Å²) < 4.78 is 12.2. The highest BCUT2D eigenvalue weighted by atomic mass is 16.5. The van der Waals surface area contributed by atoms with Crippen molar-refractivity contribution in [3.05, 3.63) is 99.5 Å². The second-order valence-corrected chi connectivity index (χ2v) is 8.45. The van der Waals surface area contributed by atoms with Crippen molar-refractivity contribution in [2.24, 2.45) is 4.99 Å². The van der Waals surface area contributed by atoms with Gasteiger partial charge in [-0.3, -0.25) is 9.79 Å². The number of aliphatic imine (C=N–C) groups is 1. The summed E-state index contributed by atoms with van der Waals surface area (Å²) in [6.45, 7) is 5.83. The van der Waals surface area contributed by atoms with Crippen LogP contribution in [0.5, 0.6) is 5.88 Å². The molecule has 5 aromatic rings. The molecule has 0 amide bonds. The first-order valence-electron chi connectivity index (χ1n) is 11.6. The highest BCUT2D eigenvalue weighted by Gasteiger charge is 2.22. The number of aryl methyl sites for hydroxylation is 2. The van der Waals surface area contributed by atoms with E-state index in [1.807, 2.05) is 32.0 Å². The average molecular weight is 481 g/mol. The molecule has 1 N–H and O–H groups in total. The Morgan fingerprint density at radius 1 is 1.00 bits per heavy atom. The maximum atomic E-state index is 13.4. The first kappa shape index (κ1) is 23.1. The molecule has 0 fully saturated rings. The third-order valence-corrected chi connectivity index (χ3v) is 6.20. The summed E-state index contributed by atoms with van der Waals surface area (Å²) in [7, 11) is 0. The zero-order valence-electron chi connectivity index (χ0n) is 20.1. The Morgan fingerprint density at radius 3 is 2.42 bits per heavy atom. The maximum Gasteiger partial charge on any atom is 0.376 e. The molecule has 3 aromatic carbocycles. The van der Waals surface area contributed by atoms with Crippen molar-refractivity contribution in [2.45, 2.75) is 20.8 Å². The van der Waals surface area contributed by atoms with E-state index < -0.39 is 5.97 Å². The van der Waals surface area contributed by atoms with Gasteiger partial charge in [0.2, 0.25) is 11.6 Å². The van der Waals surface area contributed by atoms with E-state index in [-0.39, 0.29) is 29.5 Å². The molecule has 0 atom stereocenters. The molecule has 0 aliphatic heterocycles. The Balaban J connectivity index is 1.76. The monoisotopic (exact) mass is 480 g/mol. The largest absolute Gasteiger partial charge is 0.494 e. The van der Waals surface area contributed by atoms with E-state index >= 15 is 0 Å². The zero-order chi connectivity index (χ0) is 25.4. The van der Waals surface area contributed by atoms with E-state index in [1.165, 1.54) is 10.8 Å². The topological polar surface area (TPSA) is 94.0 Å². The molecule has 36 heavy (non-hydrogen) atoms. The van der Waals surface area contributed by atoms with Gasteiger partial charge >= 0.3 is 5.97 Å². The van der Waals surface area contributed by atoms with Crippen LogP contribution in [0.1, 0.15) is 34.2 Å². The predicted octanol–water partition coefficient (Wildman–Crippen LogP) is 5.99. The van der Waals surface area contributed by atoms with Gasteiger partial charge < -0.3 is 14.3 Å². The van der Waals surface area contributed by atoms with E-state index in [2.05, 4.69) is 4.99 Å². The summed E-state index contributed by atoms with van der Waals surface area (Å²) >= 11 is 0. The lowest BCUT2D eigenvalue weighted by Crippen LogP contribution is -2.20. The minimum Gasteiger partial charge on any atom is -0.494 e. The van der Waals surface area contributed by atoms with Crippen LogP contribution in [-0.2, 0) is 4.74 Å². The van der Waals surface area contributed by atoms with Gasteiger partial charge in [0.1, 0.15) is 11.3 Å². The van der Waals surface area contributed by atoms with Crippen molar-refractivity contribution < 1.29 is 19.1 Å². The third kappa shape index (κ3) is 3.84. The van der Waals surface area contributed by atoms with Gasteiger partial charge in [0.25, 0.3) is 5.56 Å². The van der Waals surface area contributed by atoms with Crippen LogP contribution in [0, 0.1) is 13.8 Å². The second-order valence-electron chi connectivity index (χ2n) is 8.45. The molecule has 7 nitrogen and oxygen atoms in total. The molecule has 180 valence electrons. The van der Waals surface area contributed by atoms with Gasteiger partial charge in [0, 0.05) is 22.4 Å².